The van der Waals surface area contributed by atoms with Crippen molar-refractivity contribution in [3.8, 4) is 0 Å². The van der Waals surface area contributed by atoms with Crippen LogP contribution in [0.4, 0.5) is 10.5 Å². The highest BCUT2D eigenvalue weighted by molar-refractivity contribution is 6.33. The minimum atomic E-state index is -0.627. The summed E-state index contributed by atoms with van der Waals surface area (Å²) < 4.78 is 5.12. The number of carbonyl (C=O) groups excluding carboxylic acids is 3. The Labute approximate surface area is 145 Å². The van der Waals surface area contributed by atoms with E-state index in [1.807, 2.05) is 0 Å². The molecule has 1 aliphatic heterocycles. The van der Waals surface area contributed by atoms with Gasteiger partial charge in [-0.3, -0.25) is 4.79 Å². The molecule has 0 saturated carbocycles. The first-order valence-corrected chi connectivity index (χ1v) is 8.05. The number of nitrogens with zero attached hydrogens (tertiary/aromatic N) is 1. The molecule has 3 amide bonds. The van der Waals surface area contributed by atoms with Crippen molar-refractivity contribution in [2.24, 2.45) is 5.73 Å². The molecule has 0 radical (unpaired) electrons. The fourth-order valence-electron chi connectivity index (χ4n) is 2.52. The highest BCUT2D eigenvalue weighted by Gasteiger charge is 2.32. The number of primary amides is 1. The summed E-state index contributed by atoms with van der Waals surface area (Å²) in [6.45, 7) is 3.92. The van der Waals surface area contributed by atoms with Crippen LogP contribution in [0.25, 0.3) is 0 Å². The Morgan fingerprint density at radius 1 is 1.38 bits per heavy atom. The molecule has 0 aliphatic carbocycles. The lowest BCUT2D eigenvalue weighted by atomic mass is 10.2. The molecule has 1 aromatic rings. The number of hydrogen-bond donors (Lipinski definition) is 2. The van der Waals surface area contributed by atoms with E-state index in [0.29, 0.717) is 19.4 Å². The first-order chi connectivity index (χ1) is 11.3. The highest BCUT2D eigenvalue weighted by atomic mass is 35.5. The standard InChI is InChI=1S/C16H20ClN3O4/c1-9(2)24-15(22)10-5-6-11(17)12(8-10)19-16(23)20-7-3-4-13(20)14(18)21/h5-6,8-9,13H,3-4,7H2,1-2H3,(H2,18,21)(H,19,23)/t13-/m1/s1. The van der Waals surface area contributed by atoms with Crippen LogP contribution in [0, 0.1) is 0 Å². The van der Waals surface area contributed by atoms with Gasteiger partial charge < -0.3 is 20.7 Å². The van der Waals surface area contributed by atoms with Crippen molar-refractivity contribution >= 4 is 35.2 Å². The van der Waals surface area contributed by atoms with Gasteiger partial charge in [0.25, 0.3) is 0 Å². The Kier molecular flexibility index (Phi) is 5.66. The maximum absolute atomic E-state index is 12.4. The van der Waals surface area contributed by atoms with Gasteiger partial charge in [-0.25, -0.2) is 9.59 Å². The van der Waals surface area contributed by atoms with E-state index in [0.717, 1.165) is 0 Å². The summed E-state index contributed by atoms with van der Waals surface area (Å²) in [7, 11) is 0. The van der Waals surface area contributed by atoms with Gasteiger partial charge in [0.15, 0.2) is 0 Å². The van der Waals surface area contributed by atoms with Crippen molar-refractivity contribution in [2.75, 3.05) is 11.9 Å². The van der Waals surface area contributed by atoms with Crippen LogP contribution in [0.5, 0.6) is 0 Å². The summed E-state index contributed by atoms with van der Waals surface area (Å²) in [5, 5.41) is 2.90. The average Bonchev–Trinajstić information content (AvgIpc) is 2.98. The molecule has 1 aromatic carbocycles. The predicted octanol–water partition coefficient (Wildman–Crippen LogP) is 2.39. The van der Waals surface area contributed by atoms with Crippen LogP contribution < -0.4 is 11.1 Å². The third-order valence-electron chi connectivity index (χ3n) is 3.63. The summed E-state index contributed by atoms with van der Waals surface area (Å²) in [4.78, 5) is 37.1. The maximum Gasteiger partial charge on any atom is 0.338 e. The number of benzene rings is 1. The number of ether oxygens (including phenoxy) is 1. The minimum absolute atomic E-state index is 0.257. The highest BCUT2D eigenvalue weighted by Crippen LogP contribution is 2.25. The van der Waals surface area contributed by atoms with Gasteiger partial charge in [0.05, 0.1) is 22.4 Å². The van der Waals surface area contributed by atoms with Gasteiger partial charge >= 0.3 is 12.0 Å². The molecule has 1 atom stereocenters. The first kappa shape index (κ1) is 18.1. The smallest absolute Gasteiger partial charge is 0.338 e. The molecule has 1 fully saturated rings. The molecule has 24 heavy (non-hydrogen) atoms. The Hall–Kier alpha value is -2.28. The molecule has 1 aliphatic rings. The van der Waals surface area contributed by atoms with Crippen LogP contribution in [-0.2, 0) is 9.53 Å². The predicted molar refractivity (Wildman–Crippen MR) is 89.9 cm³/mol. The summed E-state index contributed by atoms with van der Waals surface area (Å²) in [6.07, 6.45) is 0.986. The normalized spacial score (nSPS) is 17.0. The van der Waals surface area contributed by atoms with Gasteiger partial charge in [-0.15, -0.1) is 0 Å². The summed E-state index contributed by atoms with van der Waals surface area (Å²) >= 11 is 6.08. The van der Waals surface area contributed by atoms with Crippen molar-refractivity contribution in [1.82, 2.24) is 4.90 Å². The molecule has 1 saturated heterocycles. The number of carbonyl (C=O) groups is 3. The fourth-order valence-corrected chi connectivity index (χ4v) is 2.69. The number of nitrogens with two attached hydrogens (primary N) is 1. The molecular weight excluding hydrogens is 334 g/mol. The number of nitrogens with one attached hydrogen (secondary N) is 1. The van der Waals surface area contributed by atoms with Crippen molar-refractivity contribution in [3.63, 3.8) is 0 Å². The number of urea groups is 1. The quantitative estimate of drug-likeness (QED) is 0.811. The van der Waals surface area contributed by atoms with E-state index in [4.69, 9.17) is 22.1 Å². The molecule has 0 bridgehead atoms. The maximum atomic E-state index is 12.4. The van der Waals surface area contributed by atoms with E-state index in [9.17, 15) is 14.4 Å². The largest absolute Gasteiger partial charge is 0.459 e. The number of esters is 1. The molecule has 1 heterocycles. The van der Waals surface area contributed by atoms with Gasteiger partial charge in [-0.05, 0) is 44.9 Å². The molecule has 3 N–H and O–H groups in total. The van der Waals surface area contributed by atoms with Gasteiger partial charge in [-0.1, -0.05) is 11.6 Å². The zero-order valence-electron chi connectivity index (χ0n) is 13.5. The van der Waals surface area contributed by atoms with Crippen LogP contribution in [0.3, 0.4) is 0 Å². The summed E-state index contributed by atoms with van der Waals surface area (Å²) in [5.41, 5.74) is 5.86. The van der Waals surface area contributed by atoms with Crippen molar-refractivity contribution in [3.05, 3.63) is 28.8 Å². The van der Waals surface area contributed by atoms with Crippen LogP contribution >= 0.6 is 11.6 Å². The monoisotopic (exact) mass is 353 g/mol. The molecular formula is C16H20ClN3O4. The average molecular weight is 354 g/mol. The van der Waals surface area contributed by atoms with Gasteiger partial charge in [-0.2, -0.15) is 0 Å². The summed E-state index contributed by atoms with van der Waals surface area (Å²) in [5.74, 6) is -1.05. The Balaban J connectivity index is 2.15. The number of amides is 3. The summed E-state index contributed by atoms with van der Waals surface area (Å²) in [6, 6.07) is 3.36. The topological polar surface area (TPSA) is 102 Å². The van der Waals surface area contributed by atoms with Crippen molar-refractivity contribution < 1.29 is 19.1 Å². The van der Waals surface area contributed by atoms with E-state index in [1.165, 1.54) is 23.1 Å². The van der Waals surface area contributed by atoms with Crippen molar-refractivity contribution in [2.45, 2.75) is 38.8 Å². The zero-order chi connectivity index (χ0) is 17.9. The molecule has 0 aromatic heterocycles. The first-order valence-electron chi connectivity index (χ1n) is 7.67. The molecule has 8 heteroatoms. The Morgan fingerprint density at radius 3 is 2.71 bits per heavy atom. The van der Waals surface area contributed by atoms with Crippen LogP contribution in [0.1, 0.15) is 37.0 Å². The lowest BCUT2D eigenvalue weighted by Crippen LogP contribution is -2.45. The van der Waals surface area contributed by atoms with Gasteiger partial charge in [0.1, 0.15) is 6.04 Å². The van der Waals surface area contributed by atoms with E-state index in [1.54, 1.807) is 13.8 Å². The van der Waals surface area contributed by atoms with Crippen LogP contribution in [0.2, 0.25) is 5.02 Å². The molecule has 0 spiro atoms. The number of hydrogen-bond acceptors (Lipinski definition) is 4. The number of anilines is 1. The SMILES string of the molecule is CC(C)OC(=O)c1ccc(Cl)c(NC(=O)N2CCC[C@@H]2C(N)=O)c1. The van der Waals surface area contributed by atoms with Gasteiger partial charge in [0.2, 0.25) is 5.91 Å². The number of rotatable bonds is 4. The van der Waals surface area contributed by atoms with E-state index < -0.39 is 23.9 Å². The molecule has 7 nitrogen and oxygen atoms in total. The lowest BCUT2D eigenvalue weighted by Gasteiger charge is -2.23. The van der Waals surface area contributed by atoms with Crippen molar-refractivity contribution in [1.29, 1.82) is 0 Å². The Morgan fingerprint density at radius 2 is 2.08 bits per heavy atom. The van der Waals surface area contributed by atoms with Gasteiger partial charge in [0, 0.05) is 6.54 Å². The second kappa shape index (κ2) is 7.53. The minimum Gasteiger partial charge on any atom is -0.459 e. The fraction of sp³-hybridized carbons (Fsp3) is 0.438. The Bertz CT molecular complexity index is 663. The second-order valence-corrected chi connectivity index (χ2v) is 6.24. The number of halogens is 1. The van der Waals surface area contributed by atoms with Crippen LogP contribution in [0.15, 0.2) is 18.2 Å². The zero-order valence-corrected chi connectivity index (χ0v) is 14.3. The van der Waals surface area contributed by atoms with Crippen LogP contribution in [-0.4, -0.2) is 41.5 Å². The molecule has 2 rings (SSSR count). The van der Waals surface area contributed by atoms with E-state index in [2.05, 4.69) is 5.32 Å². The lowest BCUT2D eigenvalue weighted by molar-refractivity contribution is -0.121. The number of likely N-dealkylation sites (tertiary alicyclic amines) is 1. The third-order valence-corrected chi connectivity index (χ3v) is 3.96. The van der Waals surface area contributed by atoms with E-state index >= 15 is 0 Å². The molecule has 130 valence electrons. The second-order valence-electron chi connectivity index (χ2n) is 5.83. The third kappa shape index (κ3) is 4.17. The van der Waals surface area contributed by atoms with E-state index in [-0.39, 0.29) is 22.4 Å². The molecule has 0 unspecified atom stereocenters.